The summed E-state index contributed by atoms with van der Waals surface area (Å²) < 4.78 is 21.7. The number of rotatable bonds is 17. The summed E-state index contributed by atoms with van der Waals surface area (Å²) in [6.07, 6.45) is 1.25. The lowest BCUT2D eigenvalue weighted by molar-refractivity contribution is -0.139. The van der Waals surface area contributed by atoms with Crippen LogP contribution in [0.25, 0.3) is 17.2 Å². The Hall–Kier alpha value is -5.30. The zero-order chi connectivity index (χ0) is 37.8. The van der Waals surface area contributed by atoms with Gasteiger partial charge in [0.05, 0.1) is 26.5 Å². The number of methoxy groups -OCH3 is 2. The Kier molecular flexibility index (Phi) is 13.9. The molecule has 1 aliphatic rings. The van der Waals surface area contributed by atoms with Gasteiger partial charge in [0.1, 0.15) is 12.6 Å². The van der Waals surface area contributed by atoms with Gasteiger partial charge in [0.25, 0.3) is 0 Å². The Labute approximate surface area is 305 Å². The fourth-order valence-electron chi connectivity index (χ4n) is 5.87. The normalized spacial score (nSPS) is 12.9. The number of ether oxygens (including phenoxy) is 4. The van der Waals surface area contributed by atoms with Crippen molar-refractivity contribution < 1.29 is 43.2 Å². The minimum absolute atomic E-state index is 0.0781. The first kappa shape index (κ1) is 39.5. The second kappa shape index (κ2) is 18.3. The van der Waals surface area contributed by atoms with Gasteiger partial charge in [-0.2, -0.15) is 0 Å². The number of carboxylic acid groups (broad SMARTS) is 1. The van der Waals surface area contributed by atoms with E-state index in [9.17, 15) is 24.3 Å². The molecule has 13 heteroatoms. The van der Waals surface area contributed by atoms with Gasteiger partial charge >= 0.3 is 18.2 Å². The zero-order valence-corrected chi connectivity index (χ0v) is 31.7. The molecule has 0 saturated heterocycles. The molecule has 0 aliphatic heterocycles. The van der Waals surface area contributed by atoms with Crippen LogP contribution in [0.5, 0.6) is 11.5 Å². The van der Waals surface area contributed by atoms with Crippen LogP contribution in [0.15, 0.2) is 66.2 Å². The highest BCUT2D eigenvalue weighted by Gasteiger charge is 2.30. The molecule has 1 aliphatic carbocycles. The van der Waals surface area contributed by atoms with Crippen LogP contribution in [0.4, 0.5) is 15.3 Å². The highest BCUT2D eigenvalue weighted by atomic mass is 28.3. The average molecular weight is 732 g/mol. The van der Waals surface area contributed by atoms with Crippen LogP contribution in [0.1, 0.15) is 48.8 Å². The molecule has 1 atom stereocenters. The number of alkyl carbamates (subject to hydrolysis) is 1. The largest absolute Gasteiger partial charge is 0.493 e. The average Bonchev–Trinajstić information content (AvgIpc) is 3.43. The van der Waals surface area contributed by atoms with Crippen molar-refractivity contribution in [2.24, 2.45) is 0 Å². The van der Waals surface area contributed by atoms with E-state index in [4.69, 9.17) is 18.9 Å². The standard InChI is InChI=1S/C39H49N3O9Si/c1-25(21-26-22-34(48-2)35(49-3)23-33(26)42-38(46)50-19-20-52(4,5)6)36(43)40-18-12-11-17-32(37(44)45)41-39(47)51-24-31-29-15-9-7-13-27(29)28-14-8-10-16-30(28)31/h7-10,13-16,21-23,31-32H,11-12,17-20,24H2,1-6H3,(H,40,43)(H,41,47)(H,42,46)(H,44,45)/b25-21+. The van der Waals surface area contributed by atoms with E-state index in [1.54, 1.807) is 25.1 Å². The highest BCUT2D eigenvalue weighted by molar-refractivity contribution is 6.76. The number of hydrogen-bond acceptors (Lipinski definition) is 8. The number of aliphatic carboxylic acids is 1. The summed E-state index contributed by atoms with van der Waals surface area (Å²) in [4.78, 5) is 50.2. The van der Waals surface area contributed by atoms with Crippen molar-refractivity contribution in [1.29, 1.82) is 0 Å². The molecule has 52 heavy (non-hydrogen) atoms. The number of carbonyl (C=O) groups is 4. The number of fused-ring (bicyclic) bond motifs is 3. The maximum absolute atomic E-state index is 13.0. The maximum Gasteiger partial charge on any atom is 0.411 e. The molecule has 0 fully saturated rings. The zero-order valence-electron chi connectivity index (χ0n) is 30.7. The van der Waals surface area contributed by atoms with Crippen molar-refractivity contribution in [2.45, 2.75) is 63.8 Å². The van der Waals surface area contributed by atoms with Crippen molar-refractivity contribution in [3.05, 3.63) is 82.9 Å². The summed E-state index contributed by atoms with van der Waals surface area (Å²) in [6.45, 7) is 8.88. The van der Waals surface area contributed by atoms with Gasteiger partial charge in [0.15, 0.2) is 11.5 Å². The van der Waals surface area contributed by atoms with Crippen LogP contribution in [-0.2, 0) is 19.1 Å². The second-order valence-electron chi connectivity index (χ2n) is 13.8. The van der Waals surface area contributed by atoms with E-state index in [0.717, 1.165) is 28.3 Å². The number of nitrogens with one attached hydrogen (secondary N) is 3. The Morgan fingerprint density at radius 1 is 0.865 bits per heavy atom. The first-order valence-electron chi connectivity index (χ1n) is 17.3. The predicted molar refractivity (Wildman–Crippen MR) is 203 cm³/mol. The number of anilines is 1. The first-order valence-corrected chi connectivity index (χ1v) is 21.0. The van der Waals surface area contributed by atoms with Gasteiger partial charge in [-0.25, -0.2) is 14.4 Å². The van der Waals surface area contributed by atoms with E-state index in [1.807, 2.05) is 48.5 Å². The maximum atomic E-state index is 13.0. The number of benzene rings is 3. The molecule has 3 amide bonds. The van der Waals surface area contributed by atoms with Crippen LogP contribution in [0, 0.1) is 0 Å². The van der Waals surface area contributed by atoms with E-state index in [1.165, 1.54) is 14.2 Å². The van der Waals surface area contributed by atoms with Crippen LogP contribution >= 0.6 is 0 Å². The number of carbonyl (C=O) groups excluding carboxylic acids is 3. The van der Waals surface area contributed by atoms with E-state index >= 15 is 0 Å². The molecule has 4 rings (SSSR count). The first-order chi connectivity index (χ1) is 24.8. The third kappa shape index (κ3) is 10.8. The SMILES string of the molecule is COc1cc(/C=C(\C)C(=O)NCCCCC(NC(=O)OCC2c3ccccc3-c3ccccc32)C(=O)O)c(NC(=O)OCC[Si](C)(C)C)cc1OC. The number of unbranched alkanes of at least 4 members (excludes halogenated alkanes) is 1. The van der Waals surface area contributed by atoms with Crippen LogP contribution < -0.4 is 25.4 Å². The van der Waals surface area contributed by atoms with Crippen LogP contribution in [0.3, 0.4) is 0 Å². The lowest BCUT2D eigenvalue weighted by Crippen LogP contribution is -2.41. The third-order valence-corrected chi connectivity index (χ3v) is 10.5. The van der Waals surface area contributed by atoms with E-state index in [-0.39, 0.29) is 31.4 Å². The topological polar surface area (TPSA) is 162 Å². The van der Waals surface area contributed by atoms with Gasteiger partial charge < -0.3 is 34.7 Å². The van der Waals surface area contributed by atoms with Gasteiger partial charge in [-0.1, -0.05) is 68.2 Å². The summed E-state index contributed by atoms with van der Waals surface area (Å²) in [5.41, 5.74) is 5.58. The minimum atomic E-state index is -1.39. The molecule has 4 N–H and O–H groups in total. The Bertz CT molecular complexity index is 1740. The molecule has 0 aromatic heterocycles. The summed E-state index contributed by atoms with van der Waals surface area (Å²) in [5.74, 6) is -0.843. The Morgan fingerprint density at radius 3 is 2.08 bits per heavy atom. The molecule has 0 spiro atoms. The lowest BCUT2D eigenvalue weighted by Gasteiger charge is -2.17. The molecule has 3 aromatic rings. The fourth-order valence-corrected chi connectivity index (χ4v) is 6.59. The highest BCUT2D eigenvalue weighted by Crippen LogP contribution is 2.44. The fraction of sp³-hybridized carbons (Fsp3) is 0.385. The molecule has 278 valence electrons. The molecule has 0 radical (unpaired) electrons. The molecular formula is C39H49N3O9Si. The van der Waals surface area contributed by atoms with Crippen LogP contribution in [-0.4, -0.2) is 77.3 Å². The van der Waals surface area contributed by atoms with Crippen molar-refractivity contribution in [3.8, 4) is 22.6 Å². The Balaban J connectivity index is 1.27. The van der Waals surface area contributed by atoms with E-state index in [2.05, 4.69) is 35.6 Å². The predicted octanol–water partition coefficient (Wildman–Crippen LogP) is 7.27. The summed E-state index contributed by atoms with van der Waals surface area (Å²) >= 11 is 0. The van der Waals surface area contributed by atoms with Crippen molar-refractivity contribution in [1.82, 2.24) is 10.6 Å². The minimum Gasteiger partial charge on any atom is -0.493 e. The number of carboxylic acids is 1. The summed E-state index contributed by atoms with van der Waals surface area (Å²) in [5, 5.41) is 17.8. The molecule has 1 unspecified atom stereocenters. The smallest absolute Gasteiger partial charge is 0.411 e. The number of amides is 3. The lowest BCUT2D eigenvalue weighted by atomic mass is 9.98. The van der Waals surface area contributed by atoms with E-state index < -0.39 is 32.3 Å². The van der Waals surface area contributed by atoms with Gasteiger partial charge in [-0.3, -0.25) is 10.1 Å². The van der Waals surface area contributed by atoms with Crippen LogP contribution in [0.2, 0.25) is 25.7 Å². The van der Waals surface area contributed by atoms with Gasteiger partial charge in [0.2, 0.25) is 5.91 Å². The van der Waals surface area contributed by atoms with Crippen molar-refractivity contribution in [3.63, 3.8) is 0 Å². The van der Waals surface area contributed by atoms with Crippen molar-refractivity contribution in [2.75, 3.05) is 39.3 Å². The molecule has 0 saturated carbocycles. The Morgan fingerprint density at radius 2 is 1.48 bits per heavy atom. The molecule has 12 nitrogen and oxygen atoms in total. The molecule has 0 bridgehead atoms. The van der Waals surface area contributed by atoms with Gasteiger partial charge in [-0.05, 0) is 66.6 Å². The van der Waals surface area contributed by atoms with Gasteiger partial charge in [-0.15, -0.1) is 0 Å². The third-order valence-electron chi connectivity index (χ3n) is 8.75. The quantitative estimate of drug-likeness (QED) is 0.0636. The summed E-state index contributed by atoms with van der Waals surface area (Å²) in [6, 6.07) is 18.9. The summed E-state index contributed by atoms with van der Waals surface area (Å²) in [7, 11) is 1.58. The number of hydrogen-bond donors (Lipinski definition) is 4. The van der Waals surface area contributed by atoms with E-state index in [0.29, 0.717) is 47.8 Å². The molecular weight excluding hydrogens is 683 g/mol. The van der Waals surface area contributed by atoms with Crippen molar-refractivity contribution >= 4 is 43.9 Å². The monoisotopic (exact) mass is 731 g/mol. The second-order valence-corrected chi connectivity index (χ2v) is 19.4. The molecule has 0 heterocycles. The molecule has 3 aromatic carbocycles. The van der Waals surface area contributed by atoms with Gasteiger partial charge in [0, 0.05) is 37.7 Å².